The molecule has 176 valence electrons. The molecule has 5 heteroatoms. The Balaban J connectivity index is 1.49. The summed E-state index contributed by atoms with van der Waals surface area (Å²) in [4.78, 5) is 13.3. The van der Waals surface area contributed by atoms with E-state index in [1.54, 1.807) is 0 Å². The monoisotopic (exact) mass is 461 g/mol. The maximum absolute atomic E-state index is 15.7. The lowest BCUT2D eigenvalue weighted by Crippen LogP contribution is -2.62. The van der Waals surface area contributed by atoms with Gasteiger partial charge >= 0.3 is 5.97 Å². The van der Waals surface area contributed by atoms with E-state index in [1.807, 2.05) is 12.1 Å². The highest BCUT2D eigenvalue weighted by Gasteiger charge is 2.59. The van der Waals surface area contributed by atoms with Crippen molar-refractivity contribution in [1.29, 1.82) is 0 Å². The summed E-state index contributed by atoms with van der Waals surface area (Å²) >= 11 is 0. The third-order valence-electron chi connectivity index (χ3n) is 8.60. The zero-order chi connectivity index (χ0) is 23.8. The van der Waals surface area contributed by atoms with Gasteiger partial charge in [0.2, 0.25) is 0 Å². The second kappa shape index (κ2) is 7.35. The molecule has 0 aromatic heterocycles. The summed E-state index contributed by atoms with van der Waals surface area (Å²) in [7, 11) is 0. The van der Waals surface area contributed by atoms with E-state index in [4.69, 9.17) is 5.11 Å². The van der Waals surface area contributed by atoms with Crippen LogP contribution in [-0.4, -0.2) is 28.1 Å². The van der Waals surface area contributed by atoms with Gasteiger partial charge in [0.05, 0.1) is 6.04 Å². The van der Waals surface area contributed by atoms with Crippen molar-refractivity contribution in [2.75, 3.05) is 6.54 Å². The summed E-state index contributed by atoms with van der Waals surface area (Å²) < 4.78 is 31.4. The molecule has 1 heterocycles. The van der Waals surface area contributed by atoms with Crippen molar-refractivity contribution < 1.29 is 18.7 Å². The number of carboxylic acid groups (broad SMARTS) is 1. The first-order chi connectivity index (χ1) is 16.2. The standard InChI is InChI=1S/C29H29F2NO2/c1-28(2)15-22-20-6-4-3-5-19(20)11-21(22)27(32(28)16-29-12-18(13-29)14-29)26-23(30)9-17(10-24(26)31)7-8-25(33)34/h3-10,18,27H,11-16H2,1-2H3,(H,33,34)/b8-7+. The molecule has 4 aliphatic carbocycles. The van der Waals surface area contributed by atoms with Crippen LogP contribution in [0.25, 0.3) is 11.6 Å². The van der Waals surface area contributed by atoms with Crippen molar-refractivity contribution in [3.8, 4) is 0 Å². The van der Waals surface area contributed by atoms with Crippen LogP contribution in [0, 0.1) is 23.0 Å². The van der Waals surface area contributed by atoms with Crippen molar-refractivity contribution in [1.82, 2.24) is 4.90 Å². The van der Waals surface area contributed by atoms with E-state index >= 15 is 8.78 Å². The van der Waals surface area contributed by atoms with Gasteiger partial charge in [0.15, 0.2) is 0 Å². The highest BCUT2D eigenvalue weighted by molar-refractivity contribution is 5.85. The fraction of sp³-hybridized carbons (Fsp3) is 0.414. The molecule has 3 fully saturated rings. The molecule has 3 nitrogen and oxygen atoms in total. The maximum atomic E-state index is 15.7. The normalized spacial score (nSPS) is 28.9. The second-order valence-electron chi connectivity index (χ2n) is 11.4. The maximum Gasteiger partial charge on any atom is 0.328 e. The molecule has 5 aliphatic rings. The number of benzene rings is 2. The summed E-state index contributed by atoms with van der Waals surface area (Å²) in [6.07, 6.45) is 7.38. The molecule has 34 heavy (non-hydrogen) atoms. The topological polar surface area (TPSA) is 40.5 Å². The van der Waals surface area contributed by atoms with E-state index in [-0.39, 0.29) is 16.7 Å². The Bertz CT molecular complexity index is 1230. The molecule has 7 rings (SSSR count). The number of hydrogen-bond acceptors (Lipinski definition) is 2. The minimum atomic E-state index is -1.15. The molecule has 2 bridgehead atoms. The molecule has 0 amide bonds. The Morgan fingerprint density at radius 2 is 1.82 bits per heavy atom. The van der Waals surface area contributed by atoms with Gasteiger partial charge in [-0.15, -0.1) is 0 Å². The number of carboxylic acids is 1. The van der Waals surface area contributed by atoms with Crippen LogP contribution in [-0.2, 0) is 11.2 Å². The van der Waals surface area contributed by atoms with Gasteiger partial charge in [-0.25, -0.2) is 13.6 Å². The largest absolute Gasteiger partial charge is 0.478 e. The van der Waals surface area contributed by atoms with Gasteiger partial charge in [0.1, 0.15) is 11.6 Å². The molecule has 0 radical (unpaired) electrons. The first-order valence-corrected chi connectivity index (χ1v) is 12.1. The zero-order valence-corrected chi connectivity index (χ0v) is 19.6. The van der Waals surface area contributed by atoms with Crippen molar-refractivity contribution in [2.24, 2.45) is 11.3 Å². The number of nitrogens with zero attached hydrogens (tertiary/aromatic N) is 1. The Kier molecular flexibility index (Phi) is 4.70. The van der Waals surface area contributed by atoms with Crippen molar-refractivity contribution in [3.05, 3.63) is 81.9 Å². The average Bonchev–Trinajstić information content (AvgIpc) is 3.06. The molecule has 0 saturated heterocycles. The van der Waals surface area contributed by atoms with Crippen LogP contribution in [0.15, 0.2) is 48.0 Å². The van der Waals surface area contributed by atoms with Crippen LogP contribution in [0.3, 0.4) is 0 Å². The molecule has 0 spiro atoms. The molecule has 1 unspecified atom stereocenters. The van der Waals surface area contributed by atoms with Crippen LogP contribution in [0.4, 0.5) is 8.78 Å². The summed E-state index contributed by atoms with van der Waals surface area (Å²) in [5.74, 6) is -1.54. The number of fused-ring (bicyclic) bond motifs is 2. The van der Waals surface area contributed by atoms with Crippen molar-refractivity contribution in [2.45, 2.75) is 57.5 Å². The molecular weight excluding hydrogens is 432 g/mol. The van der Waals surface area contributed by atoms with Crippen LogP contribution in [0.1, 0.15) is 67.8 Å². The van der Waals surface area contributed by atoms with Crippen LogP contribution in [0.2, 0.25) is 0 Å². The third kappa shape index (κ3) is 3.28. The van der Waals surface area contributed by atoms with E-state index in [1.165, 1.54) is 54.2 Å². The second-order valence-corrected chi connectivity index (χ2v) is 11.4. The number of carbonyl (C=O) groups is 1. The quantitative estimate of drug-likeness (QED) is 0.524. The third-order valence-corrected chi connectivity index (χ3v) is 8.60. The smallest absolute Gasteiger partial charge is 0.328 e. The fourth-order valence-corrected chi connectivity index (χ4v) is 6.97. The Labute approximate surface area is 198 Å². The number of hydrogen-bond donors (Lipinski definition) is 1. The van der Waals surface area contributed by atoms with E-state index in [0.717, 1.165) is 30.5 Å². The lowest BCUT2D eigenvalue weighted by molar-refractivity contribution is -0.144. The van der Waals surface area contributed by atoms with Crippen LogP contribution < -0.4 is 0 Å². The summed E-state index contributed by atoms with van der Waals surface area (Å²) in [6, 6.07) is 10.4. The summed E-state index contributed by atoms with van der Waals surface area (Å²) in [6.45, 7) is 5.26. The highest BCUT2D eigenvalue weighted by atomic mass is 19.1. The van der Waals surface area contributed by atoms with Gasteiger partial charge in [-0.2, -0.15) is 0 Å². The molecule has 2 aromatic carbocycles. The van der Waals surface area contributed by atoms with Crippen LogP contribution >= 0.6 is 0 Å². The first kappa shape index (κ1) is 21.7. The molecule has 1 atom stereocenters. The average molecular weight is 462 g/mol. The minimum Gasteiger partial charge on any atom is -0.478 e. The van der Waals surface area contributed by atoms with E-state index in [0.29, 0.717) is 11.8 Å². The van der Waals surface area contributed by atoms with Gasteiger partial charge in [0, 0.05) is 23.7 Å². The Morgan fingerprint density at radius 3 is 2.44 bits per heavy atom. The Morgan fingerprint density at radius 1 is 1.15 bits per heavy atom. The lowest BCUT2D eigenvalue weighted by atomic mass is 9.44. The van der Waals surface area contributed by atoms with E-state index in [9.17, 15) is 4.79 Å². The van der Waals surface area contributed by atoms with Crippen LogP contribution in [0.5, 0.6) is 0 Å². The number of aliphatic carboxylic acids is 1. The lowest BCUT2D eigenvalue weighted by Gasteiger charge is -2.65. The van der Waals surface area contributed by atoms with E-state index in [2.05, 4.69) is 30.9 Å². The van der Waals surface area contributed by atoms with Gasteiger partial charge in [-0.1, -0.05) is 24.3 Å². The molecule has 1 N–H and O–H groups in total. The first-order valence-electron chi connectivity index (χ1n) is 12.1. The molecule has 1 aliphatic heterocycles. The summed E-state index contributed by atoms with van der Waals surface area (Å²) in [5, 5.41) is 8.91. The Hall–Kier alpha value is -2.79. The highest BCUT2D eigenvalue weighted by Crippen LogP contribution is 2.66. The SMILES string of the molecule is CC1(C)CC2=C(Cc3ccccc32)C(c2c(F)cc(/C=C/C(=O)O)cc2F)N1CC12CC(C1)C2. The van der Waals surface area contributed by atoms with Gasteiger partial charge in [-0.3, -0.25) is 4.90 Å². The predicted octanol–water partition coefficient (Wildman–Crippen LogP) is 6.40. The van der Waals surface area contributed by atoms with Gasteiger partial charge in [-0.05, 0) is 103 Å². The van der Waals surface area contributed by atoms with Gasteiger partial charge < -0.3 is 5.11 Å². The predicted molar refractivity (Wildman–Crippen MR) is 128 cm³/mol. The van der Waals surface area contributed by atoms with Crippen molar-refractivity contribution >= 4 is 17.6 Å². The molecule has 2 aromatic rings. The number of rotatable bonds is 5. The zero-order valence-electron chi connectivity index (χ0n) is 19.6. The van der Waals surface area contributed by atoms with Crippen molar-refractivity contribution in [3.63, 3.8) is 0 Å². The molecule has 3 saturated carbocycles. The summed E-state index contributed by atoms with van der Waals surface area (Å²) in [5.41, 5.74) is 5.12. The minimum absolute atomic E-state index is 0.0900. The van der Waals surface area contributed by atoms with E-state index < -0.39 is 23.6 Å². The molecular formula is C29H29F2NO2. The van der Waals surface area contributed by atoms with Gasteiger partial charge in [0.25, 0.3) is 0 Å². The number of halogens is 2. The fourth-order valence-electron chi connectivity index (χ4n) is 6.97.